The van der Waals surface area contributed by atoms with Crippen molar-refractivity contribution in [2.45, 2.75) is 12.1 Å². The first-order valence-corrected chi connectivity index (χ1v) is 6.48. The van der Waals surface area contributed by atoms with Crippen molar-refractivity contribution in [3.63, 3.8) is 0 Å². The van der Waals surface area contributed by atoms with Crippen LogP contribution in [0.5, 0.6) is 0 Å². The molecule has 1 N–H and O–H groups in total. The van der Waals surface area contributed by atoms with Gasteiger partial charge in [0, 0.05) is 12.7 Å². The van der Waals surface area contributed by atoms with Gasteiger partial charge in [-0.3, -0.25) is 0 Å². The molecule has 2 aromatic carbocycles. The van der Waals surface area contributed by atoms with E-state index in [0.29, 0.717) is 0 Å². The molecule has 2 aromatic rings. The summed E-state index contributed by atoms with van der Waals surface area (Å²) in [6.07, 6.45) is -0.532. The summed E-state index contributed by atoms with van der Waals surface area (Å²) in [5.41, 5.74) is 0.829. The van der Waals surface area contributed by atoms with Gasteiger partial charge in [0.1, 0.15) is 6.10 Å². The van der Waals surface area contributed by atoms with E-state index in [-0.39, 0.29) is 5.56 Å². The third-order valence-electron chi connectivity index (χ3n) is 3.40. The number of nitrogens with one attached hydrogen (secondary N) is 1. The summed E-state index contributed by atoms with van der Waals surface area (Å²) in [5, 5.41) is 2.90. The molecular weight excluding hydrogens is 279 g/mol. The van der Waals surface area contributed by atoms with Gasteiger partial charge in [-0.2, -0.15) is 0 Å². The Morgan fingerprint density at radius 1 is 0.952 bits per heavy atom. The highest BCUT2D eigenvalue weighted by Gasteiger charge is 2.28. The van der Waals surface area contributed by atoms with Crippen molar-refractivity contribution in [3.05, 3.63) is 71.0 Å². The van der Waals surface area contributed by atoms with Gasteiger partial charge in [-0.25, -0.2) is 13.2 Å². The van der Waals surface area contributed by atoms with E-state index in [1.165, 1.54) is 13.2 Å². The van der Waals surface area contributed by atoms with Crippen LogP contribution in [0.3, 0.4) is 0 Å². The highest BCUT2D eigenvalue weighted by atomic mass is 19.2. The lowest BCUT2D eigenvalue weighted by Crippen LogP contribution is -2.26. The number of halogens is 3. The third-order valence-corrected chi connectivity index (χ3v) is 3.40. The standard InChI is InChI=1S/C16H16F3NO/c1-20-15(11-8-9-12(17)14(19)13(11)18)16(21-2)10-6-4-3-5-7-10/h3-9,15-16,20H,1-2H3. The second-order valence-corrected chi connectivity index (χ2v) is 4.60. The molecule has 0 aromatic heterocycles. The predicted octanol–water partition coefficient (Wildman–Crippen LogP) is 3.75. The Balaban J connectivity index is 2.45. The number of ether oxygens (including phenoxy) is 1. The molecular formula is C16H16F3NO. The van der Waals surface area contributed by atoms with Gasteiger partial charge in [-0.05, 0) is 18.7 Å². The summed E-state index contributed by atoms with van der Waals surface area (Å²) in [6.45, 7) is 0. The van der Waals surface area contributed by atoms with Gasteiger partial charge in [0.15, 0.2) is 17.5 Å². The van der Waals surface area contributed by atoms with Crippen LogP contribution in [0.4, 0.5) is 13.2 Å². The molecule has 0 aliphatic carbocycles. The largest absolute Gasteiger partial charge is 0.375 e. The van der Waals surface area contributed by atoms with Crippen LogP contribution < -0.4 is 5.32 Å². The van der Waals surface area contributed by atoms with Crippen molar-refractivity contribution in [2.24, 2.45) is 0 Å². The summed E-state index contributed by atoms with van der Waals surface area (Å²) >= 11 is 0. The van der Waals surface area contributed by atoms with Crippen molar-refractivity contribution >= 4 is 0 Å². The maximum atomic E-state index is 14.0. The Bertz CT molecular complexity index is 604. The summed E-state index contributed by atoms with van der Waals surface area (Å²) in [5.74, 6) is -3.89. The zero-order valence-corrected chi connectivity index (χ0v) is 11.7. The highest BCUT2D eigenvalue weighted by Crippen LogP contribution is 2.33. The van der Waals surface area contributed by atoms with E-state index < -0.39 is 29.6 Å². The van der Waals surface area contributed by atoms with Crippen molar-refractivity contribution < 1.29 is 17.9 Å². The van der Waals surface area contributed by atoms with Crippen LogP contribution >= 0.6 is 0 Å². The SMILES string of the molecule is CNC(c1ccc(F)c(F)c1F)C(OC)c1ccccc1. The van der Waals surface area contributed by atoms with Crippen molar-refractivity contribution in [3.8, 4) is 0 Å². The smallest absolute Gasteiger partial charge is 0.194 e. The van der Waals surface area contributed by atoms with Crippen LogP contribution in [0.15, 0.2) is 42.5 Å². The quantitative estimate of drug-likeness (QED) is 0.848. The van der Waals surface area contributed by atoms with Gasteiger partial charge in [-0.15, -0.1) is 0 Å². The zero-order chi connectivity index (χ0) is 15.4. The molecule has 112 valence electrons. The molecule has 0 fully saturated rings. The van der Waals surface area contributed by atoms with Gasteiger partial charge in [0.05, 0.1) is 6.04 Å². The van der Waals surface area contributed by atoms with Crippen molar-refractivity contribution in [1.82, 2.24) is 5.32 Å². The van der Waals surface area contributed by atoms with E-state index in [1.54, 1.807) is 7.05 Å². The van der Waals surface area contributed by atoms with E-state index in [2.05, 4.69) is 5.32 Å². The molecule has 21 heavy (non-hydrogen) atoms. The van der Waals surface area contributed by atoms with Crippen LogP contribution in [-0.4, -0.2) is 14.2 Å². The molecule has 2 nitrogen and oxygen atoms in total. The fourth-order valence-electron chi connectivity index (χ4n) is 2.36. The van der Waals surface area contributed by atoms with Crippen LogP contribution in [-0.2, 0) is 4.74 Å². The Morgan fingerprint density at radius 3 is 2.19 bits per heavy atom. The topological polar surface area (TPSA) is 21.3 Å². The molecule has 0 aliphatic rings. The van der Waals surface area contributed by atoms with Crippen LogP contribution in [0, 0.1) is 17.5 Å². The normalized spacial score (nSPS) is 14.0. The molecule has 0 spiro atoms. The Hall–Kier alpha value is -1.85. The van der Waals surface area contributed by atoms with Crippen LogP contribution in [0.1, 0.15) is 23.3 Å². The zero-order valence-electron chi connectivity index (χ0n) is 11.7. The Morgan fingerprint density at radius 2 is 1.62 bits per heavy atom. The maximum Gasteiger partial charge on any atom is 0.194 e. The lowest BCUT2D eigenvalue weighted by atomic mass is 9.95. The lowest BCUT2D eigenvalue weighted by Gasteiger charge is -2.27. The van der Waals surface area contributed by atoms with Crippen LogP contribution in [0.2, 0.25) is 0 Å². The summed E-state index contributed by atoms with van der Waals surface area (Å²) in [4.78, 5) is 0. The fourth-order valence-corrected chi connectivity index (χ4v) is 2.36. The molecule has 0 amide bonds. The summed E-state index contributed by atoms with van der Waals surface area (Å²) in [7, 11) is 3.10. The summed E-state index contributed by atoms with van der Waals surface area (Å²) < 4.78 is 45.9. The molecule has 0 aliphatic heterocycles. The molecule has 0 radical (unpaired) electrons. The molecule has 2 atom stereocenters. The third kappa shape index (κ3) is 3.09. The average molecular weight is 295 g/mol. The number of hydrogen-bond donors (Lipinski definition) is 1. The first-order valence-electron chi connectivity index (χ1n) is 6.48. The Kier molecular flexibility index (Phi) is 4.98. The maximum absolute atomic E-state index is 14.0. The minimum Gasteiger partial charge on any atom is -0.375 e. The van der Waals surface area contributed by atoms with Gasteiger partial charge < -0.3 is 10.1 Å². The first-order chi connectivity index (χ1) is 10.1. The number of likely N-dealkylation sites (N-methyl/N-ethyl adjacent to an activating group) is 1. The Labute approximate surface area is 121 Å². The molecule has 2 unspecified atom stereocenters. The molecule has 0 bridgehead atoms. The predicted molar refractivity (Wildman–Crippen MR) is 74.3 cm³/mol. The van der Waals surface area contributed by atoms with Crippen LogP contribution in [0.25, 0.3) is 0 Å². The lowest BCUT2D eigenvalue weighted by molar-refractivity contribution is 0.0687. The molecule has 2 rings (SSSR count). The van der Waals surface area contributed by atoms with E-state index in [9.17, 15) is 13.2 Å². The van der Waals surface area contributed by atoms with Crippen molar-refractivity contribution in [1.29, 1.82) is 0 Å². The number of hydrogen-bond acceptors (Lipinski definition) is 2. The molecule has 0 saturated carbocycles. The molecule has 0 saturated heterocycles. The minimum absolute atomic E-state index is 0.0205. The first kappa shape index (κ1) is 15.5. The van der Waals surface area contributed by atoms with Gasteiger partial charge in [0.2, 0.25) is 0 Å². The van der Waals surface area contributed by atoms with Gasteiger partial charge in [0.25, 0.3) is 0 Å². The fraction of sp³-hybridized carbons (Fsp3) is 0.250. The van der Waals surface area contributed by atoms with E-state index in [0.717, 1.165) is 11.6 Å². The second-order valence-electron chi connectivity index (χ2n) is 4.60. The minimum atomic E-state index is -1.48. The summed E-state index contributed by atoms with van der Waals surface area (Å²) in [6, 6.07) is 10.7. The van der Waals surface area contributed by atoms with E-state index in [4.69, 9.17) is 4.74 Å². The monoisotopic (exact) mass is 295 g/mol. The average Bonchev–Trinajstić information content (AvgIpc) is 2.52. The highest BCUT2D eigenvalue weighted by molar-refractivity contribution is 5.28. The van der Waals surface area contributed by atoms with Crippen molar-refractivity contribution in [2.75, 3.05) is 14.2 Å². The van der Waals surface area contributed by atoms with Gasteiger partial charge in [-0.1, -0.05) is 36.4 Å². The number of rotatable bonds is 5. The van der Waals surface area contributed by atoms with E-state index in [1.807, 2.05) is 30.3 Å². The number of methoxy groups -OCH3 is 1. The second kappa shape index (κ2) is 6.74. The molecule has 0 heterocycles. The van der Waals surface area contributed by atoms with E-state index >= 15 is 0 Å². The number of benzene rings is 2. The van der Waals surface area contributed by atoms with Gasteiger partial charge >= 0.3 is 0 Å². The molecule has 5 heteroatoms.